The Hall–Kier alpha value is -0.570. The van der Waals surface area contributed by atoms with Crippen LogP contribution in [0.5, 0.6) is 0 Å². The Morgan fingerprint density at radius 3 is 2.64 bits per heavy atom. The molecule has 0 aromatic carbocycles. The predicted molar refractivity (Wildman–Crippen MR) is 85.4 cm³/mol. The summed E-state index contributed by atoms with van der Waals surface area (Å²) in [5.41, 5.74) is 6.96. The Morgan fingerprint density at radius 1 is 1.09 bits per heavy atom. The van der Waals surface area contributed by atoms with E-state index in [0.717, 1.165) is 25.7 Å². The van der Waals surface area contributed by atoms with Crippen LogP contribution in [-0.2, 0) is 0 Å². The topological polar surface area (TPSA) is 46.2 Å². The molecule has 0 aromatic rings. The molecule has 7 atom stereocenters. The lowest BCUT2D eigenvalue weighted by Gasteiger charge is -2.60. The Labute approximate surface area is 133 Å². The van der Waals surface area contributed by atoms with Gasteiger partial charge in [0.05, 0.1) is 6.10 Å². The number of halogens is 1. The molecule has 2 nitrogen and oxygen atoms in total. The Morgan fingerprint density at radius 2 is 1.86 bits per heavy atom. The number of hydrogen-bond acceptors (Lipinski definition) is 2. The number of nitrogens with two attached hydrogens (primary N) is 1. The van der Waals surface area contributed by atoms with Gasteiger partial charge in [0, 0.05) is 17.5 Å². The Bertz CT molecular complexity index is 518. The Balaban J connectivity index is 1.64. The number of aliphatic hydroxyl groups is 1. The normalized spacial score (nSPS) is 54.6. The van der Waals surface area contributed by atoms with Crippen LogP contribution in [0, 0.1) is 34.5 Å². The minimum absolute atomic E-state index is 0.0282. The second-order valence-corrected chi connectivity index (χ2v) is 9.06. The molecule has 3 fully saturated rings. The fourth-order valence-electron chi connectivity index (χ4n) is 6.88. The van der Waals surface area contributed by atoms with E-state index in [2.05, 4.69) is 13.8 Å². The second-order valence-electron chi connectivity index (χ2n) is 9.06. The van der Waals surface area contributed by atoms with Gasteiger partial charge in [0.1, 0.15) is 5.83 Å². The summed E-state index contributed by atoms with van der Waals surface area (Å²) in [5, 5.41) is 10.0. The van der Waals surface area contributed by atoms with Crippen LogP contribution in [0.15, 0.2) is 11.5 Å². The highest BCUT2D eigenvalue weighted by Gasteiger charge is 2.59. The van der Waals surface area contributed by atoms with Crippen molar-refractivity contribution in [3.63, 3.8) is 0 Å². The van der Waals surface area contributed by atoms with Crippen molar-refractivity contribution in [3.8, 4) is 0 Å². The summed E-state index contributed by atoms with van der Waals surface area (Å²) in [6.07, 6.45) is 8.22. The lowest BCUT2D eigenvalue weighted by atomic mass is 9.45. The van der Waals surface area contributed by atoms with Crippen LogP contribution >= 0.6 is 0 Å². The van der Waals surface area contributed by atoms with Gasteiger partial charge in [0.2, 0.25) is 0 Å². The molecule has 0 heterocycles. The van der Waals surface area contributed by atoms with E-state index in [0.29, 0.717) is 41.2 Å². The lowest BCUT2D eigenvalue weighted by Crippen LogP contribution is -2.54. The summed E-state index contributed by atoms with van der Waals surface area (Å²) in [6, 6.07) is 0. The van der Waals surface area contributed by atoms with Crippen molar-refractivity contribution >= 4 is 0 Å². The van der Waals surface area contributed by atoms with Gasteiger partial charge in [0.15, 0.2) is 0 Å². The summed E-state index contributed by atoms with van der Waals surface area (Å²) in [5.74, 6) is 2.38. The SMILES string of the molecule is C[C@]12CC[C@H](O)CC1CC[C@@H]1[C@@H]2CC[C@]2(C)C(N)=C(F)C[C@@H]12. The van der Waals surface area contributed by atoms with Crippen molar-refractivity contribution in [1.82, 2.24) is 0 Å². The van der Waals surface area contributed by atoms with Gasteiger partial charge in [0.25, 0.3) is 0 Å². The smallest absolute Gasteiger partial charge is 0.119 e. The van der Waals surface area contributed by atoms with Gasteiger partial charge in [-0.15, -0.1) is 0 Å². The third kappa shape index (κ3) is 1.81. The van der Waals surface area contributed by atoms with Gasteiger partial charge in [-0.3, -0.25) is 0 Å². The average molecular weight is 307 g/mol. The number of aliphatic hydroxyl groups excluding tert-OH is 1. The first-order valence-corrected chi connectivity index (χ1v) is 9.19. The molecule has 0 aromatic heterocycles. The summed E-state index contributed by atoms with van der Waals surface area (Å²) >= 11 is 0. The maximum Gasteiger partial charge on any atom is 0.119 e. The summed E-state index contributed by atoms with van der Waals surface area (Å²) < 4.78 is 14.2. The molecule has 4 rings (SSSR count). The molecule has 3 heteroatoms. The van der Waals surface area contributed by atoms with E-state index in [1.54, 1.807) is 0 Å². The van der Waals surface area contributed by atoms with Crippen LogP contribution in [0.1, 0.15) is 65.2 Å². The quantitative estimate of drug-likeness (QED) is 0.706. The highest BCUT2D eigenvalue weighted by Crippen LogP contribution is 2.66. The molecule has 1 unspecified atom stereocenters. The van der Waals surface area contributed by atoms with Crippen LogP contribution in [0.25, 0.3) is 0 Å². The highest BCUT2D eigenvalue weighted by atomic mass is 19.1. The predicted octanol–water partition coefficient (Wildman–Crippen LogP) is 4.14. The van der Waals surface area contributed by atoms with Gasteiger partial charge in [-0.05, 0) is 74.0 Å². The van der Waals surface area contributed by atoms with E-state index < -0.39 is 0 Å². The lowest BCUT2D eigenvalue weighted by molar-refractivity contribution is -0.118. The number of fused-ring (bicyclic) bond motifs is 5. The van der Waals surface area contributed by atoms with Gasteiger partial charge >= 0.3 is 0 Å². The summed E-state index contributed by atoms with van der Waals surface area (Å²) in [6.45, 7) is 4.67. The van der Waals surface area contributed by atoms with Crippen LogP contribution in [0.4, 0.5) is 4.39 Å². The first kappa shape index (κ1) is 15.0. The maximum absolute atomic E-state index is 14.2. The van der Waals surface area contributed by atoms with Crippen molar-refractivity contribution in [2.24, 2.45) is 40.2 Å². The molecule has 0 bridgehead atoms. The molecule has 3 N–H and O–H groups in total. The molecule has 4 aliphatic carbocycles. The van der Waals surface area contributed by atoms with Crippen LogP contribution in [0.2, 0.25) is 0 Å². The molecule has 3 saturated carbocycles. The summed E-state index contributed by atoms with van der Waals surface area (Å²) in [7, 11) is 0. The number of hydrogen-bond donors (Lipinski definition) is 2. The van der Waals surface area contributed by atoms with Gasteiger partial charge in [-0.2, -0.15) is 0 Å². The zero-order valence-corrected chi connectivity index (χ0v) is 13.9. The molecule has 0 radical (unpaired) electrons. The largest absolute Gasteiger partial charge is 0.400 e. The van der Waals surface area contributed by atoms with E-state index in [1.807, 2.05) is 0 Å². The van der Waals surface area contributed by atoms with Crippen molar-refractivity contribution in [2.45, 2.75) is 71.3 Å². The minimum atomic E-state index is -0.0946. The van der Waals surface area contributed by atoms with Crippen LogP contribution in [-0.4, -0.2) is 11.2 Å². The van der Waals surface area contributed by atoms with Gasteiger partial charge in [-0.1, -0.05) is 13.8 Å². The molecule has 4 aliphatic rings. The third-order valence-electron chi connectivity index (χ3n) is 8.33. The molecule has 0 aliphatic heterocycles. The van der Waals surface area contributed by atoms with Crippen LogP contribution < -0.4 is 5.73 Å². The van der Waals surface area contributed by atoms with Crippen molar-refractivity contribution < 1.29 is 9.50 Å². The van der Waals surface area contributed by atoms with E-state index >= 15 is 0 Å². The molecule has 0 saturated heterocycles. The molecule has 0 spiro atoms. The zero-order valence-electron chi connectivity index (χ0n) is 13.9. The molecular weight excluding hydrogens is 277 g/mol. The maximum atomic E-state index is 14.2. The van der Waals surface area contributed by atoms with Gasteiger partial charge in [-0.25, -0.2) is 4.39 Å². The van der Waals surface area contributed by atoms with E-state index in [9.17, 15) is 9.50 Å². The van der Waals surface area contributed by atoms with Crippen LogP contribution in [0.3, 0.4) is 0 Å². The standard InChI is InChI=1S/C19H30FNO/c1-18-7-5-12(22)9-11(18)3-4-13-14(18)6-8-19(2)15(13)10-16(20)17(19)21/h11-15,22H,3-10,21H2,1-2H3/t11?,12-,13+,14-,15-,18-,19-/m0/s1. The van der Waals surface area contributed by atoms with E-state index in [4.69, 9.17) is 5.73 Å². The average Bonchev–Trinajstić information content (AvgIpc) is 2.72. The number of rotatable bonds is 0. The van der Waals surface area contributed by atoms with Gasteiger partial charge < -0.3 is 10.8 Å². The minimum Gasteiger partial charge on any atom is -0.400 e. The molecule has 0 amide bonds. The second kappa shape index (κ2) is 4.72. The highest BCUT2D eigenvalue weighted by molar-refractivity contribution is 5.26. The zero-order chi connectivity index (χ0) is 15.7. The molecule has 22 heavy (non-hydrogen) atoms. The van der Waals surface area contributed by atoms with Crippen molar-refractivity contribution in [1.29, 1.82) is 0 Å². The van der Waals surface area contributed by atoms with Crippen molar-refractivity contribution in [3.05, 3.63) is 11.5 Å². The summed E-state index contributed by atoms with van der Waals surface area (Å²) in [4.78, 5) is 0. The van der Waals surface area contributed by atoms with E-state index in [1.165, 1.54) is 19.3 Å². The first-order chi connectivity index (χ1) is 10.4. The van der Waals surface area contributed by atoms with Crippen molar-refractivity contribution in [2.75, 3.05) is 0 Å². The van der Waals surface area contributed by atoms with E-state index in [-0.39, 0.29) is 17.3 Å². The number of allylic oxidation sites excluding steroid dienone is 2. The first-order valence-electron chi connectivity index (χ1n) is 9.19. The molecular formula is C19H30FNO. The fourth-order valence-corrected chi connectivity index (χ4v) is 6.88. The third-order valence-corrected chi connectivity index (χ3v) is 8.33. The Kier molecular flexibility index (Phi) is 3.21. The fraction of sp³-hybridized carbons (Fsp3) is 0.895. The molecule has 124 valence electrons. The monoisotopic (exact) mass is 307 g/mol.